The fourth-order valence-corrected chi connectivity index (χ4v) is 3.63. The van der Waals surface area contributed by atoms with E-state index in [9.17, 15) is 8.42 Å². The third-order valence-electron chi connectivity index (χ3n) is 2.46. The van der Waals surface area contributed by atoms with Gasteiger partial charge in [0.15, 0.2) is 0 Å². The molecule has 1 rings (SSSR count). The van der Waals surface area contributed by atoms with Gasteiger partial charge in [0.25, 0.3) is 0 Å². The maximum atomic E-state index is 12.0. The fourth-order valence-electron chi connectivity index (χ4n) is 1.63. The summed E-state index contributed by atoms with van der Waals surface area (Å²) in [5.41, 5.74) is 0. The summed E-state index contributed by atoms with van der Waals surface area (Å²) in [5.74, 6) is 0.373. The van der Waals surface area contributed by atoms with Gasteiger partial charge in [0.1, 0.15) is 0 Å². The van der Waals surface area contributed by atoms with E-state index in [1.54, 1.807) is 7.11 Å². The molecule has 16 heavy (non-hydrogen) atoms. The van der Waals surface area contributed by atoms with Crippen LogP contribution >= 0.6 is 11.6 Å². The van der Waals surface area contributed by atoms with E-state index < -0.39 is 10.0 Å². The molecule has 0 aromatic heterocycles. The Balaban J connectivity index is 2.57. The molecule has 0 spiro atoms. The molecule has 0 N–H and O–H groups in total. The molecule has 0 aromatic carbocycles. The average Bonchev–Trinajstić information content (AvgIpc) is 2.29. The van der Waals surface area contributed by atoms with Gasteiger partial charge in [-0.05, 0) is 6.42 Å². The SMILES string of the molecule is COCCCS(=O)(=O)N1CCOCC1CCl. The van der Waals surface area contributed by atoms with Crippen LogP contribution in [0.25, 0.3) is 0 Å². The van der Waals surface area contributed by atoms with Crippen LogP contribution in [0.4, 0.5) is 0 Å². The molecule has 1 aliphatic rings. The lowest BCUT2D eigenvalue weighted by molar-refractivity contribution is 0.0404. The molecule has 1 unspecified atom stereocenters. The van der Waals surface area contributed by atoms with E-state index >= 15 is 0 Å². The molecule has 5 nitrogen and oxygen atoms in total. The second-order valence-corrected chi connectivity index (χ2v) is 6.01. The highest BCUT2D eigenvalue weighted by molar-refractivity contribution is 7.89. The number of rotatable bonds is 6. The molecule has 96 valence electrons. The van der Waals surface area contributed by atoms with Gasteiger partial charge < -0.3 is 9.47 Å². The lowest BCUT2D eigenvalue weighted by atomic mass is 10.3. The largest absolute Gasteiger partial charge is 0.385 e. The molecular formula is C9H18ClNO4S. The molecule has 7 heteroatoms. The number of sulfonamides is 1. The van der Waals surface area contributed by atoms with E-state index in [1.807, 2.05) is 0 Å². The van der Waals surface area contributed by atoms with Crippen molar-refractivity contribution < 1.29 is 17.9 Å². The van der Waals surface area contributed by atoms with Crippen molar-refractivity contribution in [1.29, 1.82) is 0 Å². The maximum absolute atomic E-state index is 12.0. The zero-order valence-electron chi connectivity index (χ0n) is 9.39. The normalized spacial score (nSPS) is 23.5. The third kappa shape index (κ3) is 3.85. The van der Waals surface area contributed by atoms with Gasteiger partial charge in [-0.1, -0.05) is 0 Å². The number of morpholine rings is 1. The van der Waals surface area contributed by atoms with Crippen LogP contribution in [0.5, 0.6) is 0 Å². The molecular weight excluding hydrogens is 254 g/mol. The van der Waals surface area contributed by atoms with Crippen LogP contribution in [0.15, 0.2) is 0 Å². The predicted octanol–water partition coefficient (Wildman–Crippen LogP) is 0.292. The number of hydrogen-bond acceptors (Lipinski definition) is 4. The van der Waals surface area contributed by atoms with Crippen molar-refractivity contribution in [3.63, 3.8) is 0 Å². The van der Waals surface area contributed by atoms with Crippen LogP contribution < -0.4 is 0 Å². The highest BCUT2D eigenvalue weighted by Gasteiger charge is 2.31. The lowest BCUT2D eigenvalue weighted by Gasteiger charge is -2.33. The topological polar surface area (TPSA) is 55.8 Å². The van der Waals surface area contributed by atoms with Crippen molar-refractivity contribution >= 4 is 21.6 Å². The molecule has 0 amide bonds. The van der Waals surface area contributed by atoms with Gasteiger partial charge in [0.2, 0.25) is 10.0 Å². The standard InChI is InChI=1S/C9H18ClNO4S/c1-14-4-2-6-16(12,13)11-3-5-15-8-9(11)7-10/h9H,2-8H2,1H3. The summed E-state index contributed by atoms with van der Waals surface area (Å²) in [5, 5.41) is 0. The zero-order chi connectivity index (χ0) is 12.0. The number of hydrogen-bond donors (Lipinski definition) is 0. The van der Waals surface area contributed by atoms with Crippen molar-refractivity contribution in [1.82, 2.24) is 4.31 Å². The van der Waals surface area contributed by atoms with E-state index in [0.29, 0.717) is 32.8 Å². The number of ether oxygens (including phenoxy) is 2. The molecule has 0 bridgehead atoms. The van der Waals surface area contributed by atoms with Gasteiger partial charge in [-0.3, -0.25) is 0 Å². The second kappa shape index (κ2) is 6.76. The third-order valence-corrected chi connectivity index (χ3v) is 4.82. The Bertz CT molecular complexity index is 296. The molecule has 1 saturated heterocycles. The first-order chi connectivity index (χ1) is 7.61. The van der Waals surface area contributed by atoms with Gasteiger partial charge in [0, 0.05) is 26.1 Å². The lowest BCUT2D eigenvalue weighted by Crippen LogP contribution is -2.50. The van der Waals surface area contributed by atoms with Crippen molar-refractivity contribution in [3.8, 4) is 0 Å². The van der Waals surface area contributed by atoms with E-state index in [0.717, 1.165) is 0 Å². The molecule has 1 fully saturated rings. The number of halogens is 1. The Hall–Kier alpha value is 0.120. The van der Waals surface area contributed by atoms with E-state index in [2.05, 4.69) is 0 Å². The number of nitrogens with zero attached hydrogens (tertiary/aromatic N) is 1. The average molecular weight is 272 g/mol. The minimum atomic E-state index is -3.23. The van der Waals surface area contributed by atoms with Gasteiger partial charge in [-0.15, -0.1) is 11.6 Å². The van der Waals surface area contributed by atoms with Crippen LogP contribution in [0.2, 0.25) is 0 Å². The van der Waals surface area contributed by atoms with E-state index in [-0.39, 0.29) is 17.7 Å². The summed E-state index contributed by atoms with van der Waals surface area (Å²) < 4.78 is 35.5. The van der Waals surface area contributed by atoms with Gasteiger partial charge in [0.05, 0.1) is 25.0 Å². The Morgan fingerprint density at radius 1 is 1.56 bits per heavy atom. The van der Waals surface area contributed by atoms with Crippen LogP contribution in [0.1, 0.15) is 6.42 Å². The summed E-state index contributed by atoms with van der Waals surface area (Å²) in [6.07, 6.45) is 0.505. The highest BCUT2D eigenvalue weighted by Crippen LogP contribution is 2.14. The fraction of sp³-hybridized carbons (Fsp3) is 1.00. The van der Waals surface area contributed by atoms with E-state index in [4.69, 9.17) is 21.1 Å². The predicted molar refractivity (Wildman–Crippen MR) is 62.3 cm³/mol. The summed E-state index contributed by atoms with van der Waals surface area (Å²) in [7, 11) is -1.67. The first-order valence-corrected chi connectivity index (χ1v) is 7.38. The van der Waals surface area contributed by atoms with Crippen molar-refractivity contribution in [2.45, 2.75) is 12.5 Å². The second-order valence-electron chi connectivity index (χ2n) is 3.66. The molecule has 0 radical (unpaired) electrons. The minimum absolute atomic E-state index is 0.105. The molecule has 0 saturated carbocycles. The van der Waals surface area contributed by atoms with Crippen molar-refractivity contribution in [3.05, 3.63) is 0 Å². The van der Waals surface area contributed by atoms with Gasteiger partial charge >= 0.3 is 0 Å². The van der Waals surface area contributed by atoms with Crippen LogP contribution in [0.3, 0.4) is 0 Å². The molecule has 1 atom stereocenters. The Labute approximate surface area is 102 Å². The highest BCUT2D eigenvalue weighted by atomic mass is 35.5. The quantitative estimate of drug-likeness (QED) is 0.515. The molecule has 0 aliphatic carbocycles. The monoisotopic (exact) mass is 271 g/mol. The van der Waals surface area contributed by atoms with E-state index in [1.165, 1.54) is 4.31 Å². The van der Waals surface area contributed by atoms with Crippen molar-refractivity contribution in [2.75, 3.05) is 45.1 Å². The first-order valence-electron chi connectivity index (χ1n) is 5.24. The number of alkyl halides is 1. The number of methoxy groups -OCH3 is 1. The minimum Gasteiger partial charge on any atom is -0.385 e. The smallest absolute Gasteiger partial charge is 0.214 e. The van der Waals surface area contributed by atoms with Crippen LogP contribution in [-0.2, 0) is 19.5 Å². The summed E-state index contributed by atoms with van der Waals surface area (Å²) in [6, 6.07) is -0.233. The molecule has 0 aromatic rings. The first kappa shape index (κ1) is 14.2. The Morgan fingerprint density at radius 2 is 2.31 bits per heavy atom. The summed E-state index contributed by atoms with van der Waals surface area (Å²) in [6.45, 7) is 1.67. The summed E-state index contributed by atoms with van der Waals surface area (Å²) >= 11 is 5.73. The maximum Gasteiger partial charge on any atom is 0.214 e. The summed E-state index contributed by atoms with van der Waals surface area (Å²) in [4.78, 5) is 0. The van der Waals surface area contributed by atoms with Crippen LogP contribution in [-0.4, -0.2) is 63.9 Å². The van der Waals surface area contributed by atoms with Crippen molar-refractivity contribution in [2.24, 2.45) is 0 Å². The van der Waals surface area contributed by atoms with Gasteiger partial charge in [-0.25, -0.2) is 8.42 Å². The molecule has 1 aliphatic heterocycles. The van der Waals surface area contributed by atoms with Gasteiger partial charge in [-0.2, -0.15) is 4.31 Å². The van der Waals surface area contributed by atoms with Crippen LogP contribution in [0, 0.1) is 0 Å². The zero-order valence-corrected chi connectivity index (χ0v) is 11.0. The Kier molecular flexibility index (Phi) is 5.99. The molecule has 1 heterocycles. The Morgan fingerprint density at radius 3 is 2.94 bits per heavy atom.